The Hall–Kier alpha value is -1.98. The number of hydrogen-bond acceptors (Lipinski definition) is 4. The van der Waals surface area contributed by atoms with Gasteiger partial charge in [-0.2, -0.15) is 0 Å². The number of aryl methyl sites for hydroxylation is 4. The smallest absolute Gasteiger partial charge is 0.246 e. The van der Waals surface area contributed by atoms with Crippen molar-refractivity contribution in [2.75, 3.05) is 6.61 Å². The van der Waals surface area contributed by atoms with Gasteiger partial charge in [0.1, 0.15) is 0 Å². The van der Waals surface area contributed by atoms with Crippen molar-refractivity contribution in [2.45, 2.75) is 54.3 Å². The SMILES string of the molecule is CCOc1cc(P(=O)(c2cc(C)cc(C)c2)c2cc(C)cc(C)c2)c(I)c2c1OC(C)(C)O2. The molecule has 0 fully saturated rings. The number of fused-ring (bicyclic) bond motifs is 1. The Balaban J connectivity index is 2.10. The Kier molecular flexibility index (Phi) is 6.34. The average Bonchev–Trinajstić information content (AvgIpc) is 3.04. The van der Waals surface area contributed by atoms with Gasteiger partial charge in [0.2, 0.25) is 11.5 Å². The minimum Gasteiger partial charge on any atom is -0.490 e. The maximum absolute atomic E-state index is 15.4. The molecule has 0 aromatic heterocycles. The van der Waals surface area contributed by atoms with Crippen molar-refractivity contribution in [3.05, 3.63) is 68.3 Å². The standard InChI is InChI=1S/C27H30IO4P/c1-8-30-22-15-23(24(28)26-25(22)31-27(6,7)32-26)33(29,20-11-16(2)9-17(3)12-20)21-13-18(4)10-19(5)14-21/h9-15H,8H2,1-7H3. The molecule has 0 saturated carbocycles. The number of rotatable bonds is 5. The van der Waals surface area contributed by atoms with Crippen LogP contribution in [-0.2, 0) is 4.57 Å². The van der Waals surface area contributed by atoms with Crippen molar-refractivity contribution < 1.29 is 18.8 Å². The second-order valence-electron chi connectivity index (χ2n) is 9.20. The molecule has 0 saturated heterocycles. The normalized spacial score (nSPS) is 14.4. The predicted octanol–water partition coefficient (Wildman–Crippen LogP) is 6.07. The lowest BCUT2D eigenvalue weighted by Gasteiger charge is -2.24. The summed E-state index contributed by atoms with van der Waals surface area (Å²) >= 11 is 2.25. The van der Waals surface area contributed by atoms with E-state index in [1.165, 1.54) is 0 Å². The summed E-state index contributed by atoms with van der Waals surface area (Å²) in [5.41, 5.74) is 4.32. The van der Waals surface area contributed by atoms with Gasteiger partial charge in [-0.25, -0.2) is 0 Å². The van der Waals surface area contributed by atoms with Crippen LogP contribution >= 0.6 is 29.7 Å². The molecular formula is C27H30IO4P. The zero-order valence-electron chi connectivity index (χ0n) is 20.2. The Labute approximate surface area is 210 Å². The van der Waals surface area contributed by atoms with Gasteiger partial charge in [-0.05, 0) is 87.5 Å². The highest BCUT2D eigenvalue weighted by Crippen LogP contribution is 2.53. The number of ether oxygens (including phenoxy) is 3. The van der Waals surface area contributed by atoms with Crippen LogP contribution in [0.3, 0.4) is 0 Å². The molecule has 1 aliphatic rings. The average molecular weight is 576 g/mol. The van der Waals surface area contributed by atoms with Crippen LogP contribution in [0, 0.1) is 31.3 Å². The fourth-order valence-electron chi connectivity index (χ4n) is 4.47. The number of halogens is 1. The highest BCUT2D eigenvalue weighted by molar-refractivity contribution is 14.1. The van der Waals surface area contributed by atoms with Crippen LogP contribution in [-0.4, -0.2) is 12.4 Å². The van der Waals surface area contributed by atoms with Crippen LogP contribution in [0.15, 0.2) is 42.5 Å². The van der Waals surface area contributed by atoms with Gasteiger partial charge in [0, 0.05) is 29.8 Å². The summed E-state index contributed by atoms with van der Waals surface area (Å²) in [4.78, 5) is 0. The first-order valence-electron chi connectivity index (χ1n) is 11.1. The molecule has 1 heterocycles. The summed E-state index contributed by atoms with van der Waals surface area (Å²) in [6.45, 7) is 14.3. The molecule has 0 spiro atoms. The predicted molar refractivity (Wildman–Crippen MR) is 144 cm³/mol. The maximum atomic E-state index is 15.4. The third-order valence-electron chi connectivity index (χ3n) is 5.60. The largest absolute Gasteiger partial charge is 0.490 e. The van der Waals surface area contributed by atoms with E-state index < -0.39 is 12.9 Å². The van der Waals surface area contributed by atoms with E-state index in [0.717, 1.165) is 36.4 Å². The zero-order chi connectivity index (χ0) is 24.1. The highest BCUT2D eigenvalue weighted by Gasteiger charge is 2.41. The lowest BCUT2D eigenvalue weighted by atomic mass is 10.2. The van der Waals surface area contributed by atoms with Gasteiger partial charge in [0.05, 0.1) is 10.2 Å². The van der Waals surface area contributed by atoms with Crippen LogP contribution < -0.4 is 30.1 Å². The van der Waals surface area contributed by atoms with Crippen LogP contribution in [0.25, 0.3) is 0 Å². The van der Waals surface area contributed by atoms with Gasteiger partial charge in [-0.15, -0.1) is 0 Å². The lowest BCUT2D eigenvalue weighted by molar-refractivity contribution is -0.0443. The topological polar surface area (TPSA) is 44.8 Å². The molecule has 4 nitrogen and oxygen atoms in total. The van der Waals surface area contributed by atoms with Crippen molar-refractivity contribution in [3.63, 3.8) is 0 Å². The summed E-state index contributed by atoms with van der Waals surface area (Å²) in [5, 5.41) is 2.33. The minimum atomic E-state index is -3.27. The van der Waals surface area contributed by atoms with Crippen molar-refractivity contribution in [1.82, 2.24) is 0 Å². The molecule has 0 radical (unpaired) electrons. The van der Waals surface area contributed by atoms with Crippen LogP contribution in [0.2, 0.25) is 0 Å². The fraction of sp³-hybridized carbons (Fsp3) is 0.333. The van der Waals surface area contributed by atoms with Crippen LogP contribution in [0.5, 0.6) is 17.2 Å². The molecule has 3 aromatic rings. The Bertz CT molecular complexity index is 1200. The van der Waals surface area contributed by atoms with Crippen LogP contribution in [0.1, 0.15) is 43.0 Å². The van der Waals surface area contributed by atoms with Gasteiger partial charge in [0.15, 0.2) is 18.6 Å². The second kappa shape index (κ2) is 8.66. The molecule has 33 heavy (non-hydrogen) atoms. The Morgan fingerprint density at radius 1 is 0.818 bits per heavy atom. The summed E-state index contributed by atoms with van der Waals surface area (Å²) in [7, 11) is -3.27. The number of benzene rings is 3. The molecule has 0 atom stereocenters. The molecule has 1 aliphatic heterocycles. The molecule has 0 bridgehead atoms. The van der Waals surface area contributed by atoms with Crippen LogP contribution in [0.4, 0.5) is 0 Å². The van der Waals surface area contributed by atoms with Crippen molar-refractivity contribution in [2.24, 2.45) is 0 Å². The maximum Gasteiger partial charge on any atom is 0.246 e. The molecule has 0 aliphatic carbocycles. The lowest BCUT2D eigenvalue weighted by Crippen LogP contribution is -2.30. The van der Waals surface area contributed by atoms with E-state index in [1.54, 1.807) is 0 Å². The van der Waals surface area contributed by atoms with E-state index in [4.69, 9.17) is 14.2 Å². The summed E-state index contributed by atoms with van der Waals surface area (Å²) in [5.74, 6) is 0.900. The zero-order valence-corrected chi connectivity index (χ0v) is 23.3. The van der Waals surface area contributed by atoms with E-state index in [9.17, 15) is 0 Å². The number of hydrogen-bond donors (Lipinski definition) is 0. The minimum absolute atomic E-state index is 0.466. The monoisotopic (exact) mass is 576 g/mol. The second-order valence-corrected chi connectivity index (χ2v) is 13.0. The summed E-state index contributed by atoms with van der Waals surface area (Å²) < 4.78 is 34.4. The summed E-state index contributed by atoms with van der Waals surface area (Å²) in [6, 6.07) is 14.3. The van der Waals surface area contributed by atoms with Gasteiger partial charge >= 0.3 is 0 Å². The highest BCUT2D eigenvalue weighted by atomic mass is 127. The van der Waals surface area contributed by atoms with E-state index in [2.05, 4.69) is 34.7 Å². The molecule has 4 rings (SSSR count). The van der Waals surface area contributed by atoms with E-state index in [-0.39, 0.29) is 0 Å². The van der Waals surface area contributed by atoms with Gasteiger partial charge in [-0.1, -0.05) is 34.4 Å². The van der Waals surface area contributed by atoms with Gasteiger partial charge in [-0.3, -0.25) is 0 Å². The van der Waals surface area contributed by atoms with E-state index in [0.29, 0.717) is 29.2 Å². The van der Waals surface area contributed by atoms with E-state index >= 15 is 4.57 Å². The quantitative estimate of drug-likeness (QED) is 0.273. The molecule has 0 amide bonds. The fourth-order valence-corrected chi connectivity index (χ4v) is 9.07. The van der Waals surface area contributed by atoms with E-state index in [1.807, 2.05) is 78.8 Å². The Morgan fingerprint density at radius 3 is 1.73 bits per heavy atom. The van der Waals surface area contributed by atoms with Crippen molar-refractivity contribution in [3.8, 4) is 17.2 Å². The summed E-state index contributed by atoms with van der Waals surface area (Å²) in [6.07, 6.45) is 0. The first-order valence-corrected chi connectivity index (χ1v) is 13.9. The molecule has 174 valence electrons. The Morgan fingerprint density at radius 2 is 1.27 bits per heavy atom. The third kappa shape index (κ3) is 4.42. The molecule has 0 N–H and O–H groups in total. The van der Waals surface area contributed by atoms with Crippen molar-refractivity contribution in [1.29, 1.82) is 0 Å². The van der Waals surface area contributed by atoms with Gasteiger partial charge < -0.3 is 18.8 Å². The third-order valence-corrected chi connectivity index (χ3v) is 10.1. The molecule has 0 unspecified atom stereocenters. The first-order chi connectivity index (χ1) is 15.4. The molecule has 6 heteroatoms. The first kappa shape index (κ1) is 24.2. The van der Waals surface area contributed by atoms with Crippen molar-refractivity contribution >= 4 is 45.6 Å². The molecular weight excluding hydrogens is 546 g/mol. The molecule has 3 aromatic carbocycles. The van der Waals surface area contributed by atoms with Gasteiger partial charge in [0.25, 0.3) is 0 Å².